The molecule has 0 bridgehead atoms. The molecule has 1 N–H and O–H groups in total. The highest BCUT2D eigenvalue weighted by Crippen LogP contribution is 2.32. The van der Waals surface area contributed by atoms with Gasteiger partial charge in [-0.3, -0.25) is 4.98 Å². The van der Waals surface area contributed by atoms with E-state index in [2.05, 4.69) is 16.0 Å². The van der Waals surface area contributed by atoms with Crippen molar-refractivity contribution in [2.24, 2.45) is 0 Å². The molecule has 0 aliphatic rings. The molecule has 0 fully saturated rings. The number of methoxy groups -OCH3 is 1. The molecule has 0 atom stereocenters. The summed E-state index contributed by atoms with van der Waals surface area (Å²) in [5.74, 6) is 2.35. The van der Waals surface area contributed by atoms with E-state index in [0.29, 0.717) is 0 Å². The molecule has 0 unspecified atom stereocenters. The number of benzene rings is 2. The summed E-state index contributed by atoms with van der Waals surface area (Å²) in [6.07, 6.45) is 1.75. The van der Waals surface area contributed by atoms with Crippen molar-refractivity contribution in [3.8, 4) is 17.2 Å². The van der Waals surface area contributed by atoms with E-state index in [1.54, 1.807) is 13.3 Å². The van der Waals surface area contributed by atoms with Crippen LogP contribution in [0.5, 0.6) is 17.2 Å². The van der Waals surface area contributed by atoms with Crippen LogP contribution in [0.25, 0.3) is 21.8 Å². The van der Waals surface area contributed by atoms with Crippen LogP contribution in [0, 0.1) is 6.92 Å². The van der Waals surface area contributed by atoms with Crippen molar-refractivity contribution in [3.05, 3.63) is 60.4 Å². The molecule has 0 radical (unpaired) electrons. The highest BCUT2D eigenvalue weighted by molar-refractivity contribution is 5.87. The van der Waals surface area contributed by atoms with Gasteiger partial charge in [-0.25, -0.2) is 0 Å². The van der Waals surface area contributed by atoms with Crippen LogP contribution in [0.3, 0.4) is 0 Å². The zero-order chi connectivity index (χ0) is 15.8. The number of hydrogen-bond donors (Lipinski definition) is 1. The van der Waals surface area contributed by atoms with Crippen molar-refractivity contribution in [3.63, 3.8) is 0 Å². The van der Waals surface area contributed by atoms with Crippen LogP contribution in [0.1, 0.15) is 5.69 Å². The Morgan fingerprint density at radius 2 is 1.83 bits per heavy atom. The lowest BCUT2D eigenvalue weighted by Crippen LogP contribution is -1.89. The van der Waals surface area contributed by atoms with Gasteiger partial charge < -0.3 is 14.5 Å². The van der Waals surface area contributed by atoms with Crippen LogP contribution in [0.2, 0.25) is 0 Å². The number of aromatic amines is 1. The molecular weight excluding hydrogens is 288 g/mol. The molecule has 0 saturated heterocycles. The molecule has 0 spiro atoms. The lowest BCUT2D eigenvalue weighted by Gasteiger charge is -2.10. The van der Waals surface area contributed by atoms with Crippen molar-refractivity contribution < 1.29 is 9.47 Å². The molecule has 4 heteroatoms. The Balaban J connectivity index is 1.78. The number of aryl methyl sites for hydroxylation is 1. The number of ether oxygens (including phenoxy) is 2. The van der Waals surface area contributed by atoms with Gasteiger partial charge in [0.15, 0.2) is 0 Å². The van der Waals surface area contributed by atoms with Gasteiger partial charge in [0.05, 0.1) is 12.6 Å². The second-order valence-corrected chi connectivity index (χ2v) is 5.50. The Morgan fingerprint density at radius 1 is 0.957 bits per heavy atom. The summed E-state index contributed by atoms with van der Waals surface area (Å²) in [6.45, 7) is 2.04. The third-order valence-corrected chi connectivity index (χ3v) is 3.86. The second kappa shape index (κ2) is 5.32. The van der Waals surface area contributed by atoms with Crippen molar-refractivity contribution in [1.29, 1.82) is 0 Å². The molecule has 0 aliphatic carbocycles. The predicted molar refractivity (Wildman–Crippen MR) is 91.4 cm³/mol. The van der Waals surface area contributed by atoms with E-state index in [-0.39, 0.29) is 0 Å². The van der Waals surface area contributed by atoms with Crippen LogP contribution in [0.15, 0.2) is 54.7 Å². The van der Waals surface area contributed by atoms with Gasteiger partial charge in [-0.2, -0.15) is 0 Å². The first-order valence-corrected chi connectivity index (χ1v) is 7.43. The molecule has 2 heterocycles. The number of nitrogens with one attached hydrogen (secondary N) is 1. The van der Waals surface area contributed by atoms with Crippen molar-refractivity contribution in [1.82, 2.24) is 9.97 Å². The van der Waals surface area contributed by atoms with Crippen LogP contribution < -0.4 is 9.47 Å². The minimum Gasteiger partial charge on any atom is -0.497 e. The molecular formula is C19H16N2O2. The third-order valence-electron chi connectivity index (χ3n) is 3.86. The summed E-state index contributed by atoms with van der Waals surface area (Å²) < 4.78 is 11.4. The van der Waals surface area contributed by atoms with Gasteiger partial charge in [0.1, 0.15) is 17.2 Å². The fourth-order valence-electron chi connectivity index (χ4n) is 2.76. The van der Waals surface area contributed by atoms with Gasteiger partial charge in [0.25, 0.3) is 0 Å². The molecule has 0 saturated carbocycles. The lowest BCUT2D eigenvalue weighted by atomic mass is 10.2. The largest absolute Gasteiger partial charge is 0.497 e. The molecule has 4 rings (SSSR count). The number of aromatic nitrogens is 2. The van der Waals surface area contributed by atoms with E-state index in [9.17, 15) is 0 Å². The van der Waals surface area contributed by atoms with E-state index < -0.39 is 0 Å². The summed E-state index contributed by atoms with van der Waals surface area (Å²) in [4.78, 5) is 7.68. The van der Waals surface area contributed by atoms with Gasteiger partial charge in [0, 0.05) is 28.2 Å². The summed E-state index contributed by atoms with van der Waals surface area (Å²) in [5, 5.41) is 2.06. The summed E-state index contributed by atoms with van der Waals surface area (Å²) in [6, 6.07) is 15.8. The molecule has 0 amide bonds. The summed E-state index contributed by atoms with van der Waals surface area (Å²) in [7, 11) is 1.65. The first kappa shape index (κ1) is 13.6. The standard InChI is InChI=1S/C19H16N2O2/c1-12-9-13-10-15(4-5-17(13)21-12)23-19-7-8-20-18-6-3-14(22-2)11-16(18)19/h3-11,21H,1-2H3. The van der Waals surface area contributed by atoms with E-state index in [1.807, 2.05) is 49.4 Å². The van der Waals surface area contributed by atoms with Crippen molar-refractivity contribution in [2.45, 2.75) is 6.92 Å². The van der Waals surface area contributed by atoms with Crippen LogP contribution in [-0.4, -0.2) is 17.1 Å². The average Bonchev–Trinajstić information content (AvgIpc) is 2.94. The highest BCUT2D eigenvalue weighted by atomic mass is 16.5. The number of H-pyrrole nitrogens is 1. The molecule has 2 aromatic carbocycles. The predicted octanol–water partition coefficient (Wildman–Crippen LogP) is 4.83. The van der Waals surface area contributed by atoms with Crippen molar-refractivity contribution >= 4 is 21.8 Å². The van der Waals surface area contributed by atoms with Crippen LogP contribution in [-0.2, 0) is 0 Å². The second-order valence-electron chi connectivity index (χ2n) is 5.50. The van der Waals surface area contributed by atoms with Gasteiger partial charge in [-0.05, 0) is 55.5 Å². The zero-order valence-electron chi connectivity index (χ0n) is 13.0. The fraction of sp³-hybridized carbons (Fsp3) is 0.105. The highest BCUT2D eigenvalue weighted by Gasteiger charge is 2.07. The van der Waals surface area contributed by atoms with Gasteiger partial charge in [0.2, 0.25) is 0 Å². The smallest absolute Gasteiger partial charge is 0.138 e. The number of pyridine rings is 1. The summed E-state index contributed by atoms with van der Waals surface area (Å²) >= 11 is 0. The zero-order valence-corrected chi connectivity index (χ0v) is 13.0. The number of nitrogens with zero attached hydrogens (tertiary/aromatic N) is 1. The number of rotatable bonds is 3. The number of hydrogen-bond acceptors (Lipinski definition) is 3. The van der Waals surface area contributed by atoms with E-state index in [1.165, 1.54) is 0 Å². The minimum atomic E-state index is 0.764. The van der Waals surface area contributed by atoms with Crippen molar-refractivity contribution in [2.75, 3.05) is 7.11 Å². The Bertz CT molecular complexity index is 1000. The lowest BCUT2D eigenvalue weighted by molar-refractivity contribution is 0.415. The number of fused-ring (bicyclic) bond motifs is 2. The Labute approximate surface area is 133 Å². The fourth-order valence-corrected chi connectivity index (χ4v) is 2.76. The molecule has 2 aromatic heterocycles. The quantitative estimate of drug-likeness (QED) is 0.590. The molecule has 4 aromatic rings. The molecule has 4 nitrogen and oxygen atoms in total. The Hall–Kier alpha value is -3.01. The van der Waals surface area contributed by atoms with E-state index in [4.69, 9.17) is 9.47 Å². The average molecular weight is 304 g/mol. The van der Waals surface area contributed by atoms with Crippen LogP contribution >= 0.6 is 0 Å². The third kappa shape index (κ3) is 2.48. The van der Waals surface area contributed by atoms with Crippen LogP contribution in [0.4, 0.5) is 0 Å². The maximum atomic E-state index is 6.10. The molecule has 0 aliphatic heterocycles. The molecule has 114 valence electrons. The maximum Gasteiger partial charge on any atom is 0.138 e. The summed E-state index contributed by atoms with van der Waals surface area (Å²) in [5.41, 5.74) is 3.12. The SMILES string of the molecule is COc1ccc2nccc(Oc3ccc4[nH]c(C)cc4c3)c2c1. The first-order chi connectivity index (χ1) is 11.2. The normalized spacial score (nSPS) is 11.0. The van der Waals surface area contributed by atoms with Gasteiger partial charge in [-0.15, -0.1) is 0 Å². The van der Waals surface area contributed by atoms with E-state index >= 15 is 0 Å². The maximum absolute atomic E-state index is 6.10. The first-order valence-electron chi connectivity index (χ1n) is 7.43. The van der Waals surface area contributed by atoms with Gasteiger partial charge >= 0.3 is 0 Å². The monoisotopic (exact) mass is 304 g/mol. The Kier molecular flexibility index (Phi) is 3.15. The minimum absolute atomic E-state index is 0.764. The molecule has 23 heavy (non-hydrogen) atoms. The van der Waals surface area contributed by atoms with Gasteiger partial charge in [-0.1, -0.05) is 0 Å². The topological polar surface area (TPSA) is 47.1 Å². The Morgan fingerprint density at radius 3 is 2.70 bits per heavy atom. The van der Waals surface area contributed by atoms with E-state index in [0.717, 1.165) is 44.7 Å².